The summed E-state index contributed by atoms with van der Waals surface area (Å²) in [5, 5.41) is 4.60. The van der Waals surface area contributed by atoms with Crippen molar-refractivity contribution in [1.29, 1.82) is 0 Å². The molecule has 156 valence electrons. The lowest BCUT2D eigenvalue weighted by Crippen LogP contribution is -2.12. The van der Waals surface area contributed by atoms with E-state index in [9.17, 15) is 4.79 Å². The molecule has 0 aliphatic carbocycles. The number of ether oxygens (including phenoxy) is 1. The second kappa shape index (κ2) is 7.12. The summed E-state index contributed by atoms with van der Waals surface area (Å²) in [6.45, 7) is 5.83. The maximum atomic E-state index is 13.0. The zero-order valence-corrected chi connectivity index (χ0v) is 17.8. The molecule has 3 aromatic heterocycles. The number of nitrogens with zero attached hydrogens (tertiary/aromatic N) is 3. The highest BCUT2D eigenvalue weighted by atomic mass is 16.5. The summed E-state index contributed by atoms with van der Waals surface area (Å²) in [4.78, 5) is 20.6. The fourth-order valence-corrected chi connectivity index (χ4v) is 4.26. The summed E-state index contributed by atoms with van der Waals surface area (Å²) in [6, 6.07) is 13.9. The minimum atomic E-state index is -0.183. The monoisotopic (exact) mass is 414 g/mol. The molecule has 0 aliphatic rings. The first kappa shape index (κ1) is 19.1. The Balaban J connectivity index is 1.83. The lowest BCUT2D eigenvalue weighted by molar-refractivity contribution is 0.393. The van der Waals surface area contributed by atoms with Crippen LogP contribution in [0.4, 0.5) is 0 Å². The lowest BCUT2D eigenvalue weighted by atomic mass is 9.99. The standard InChI is InChI=1S/C24H22N4O3/c1-13(16-8-6-5-7-9-16)23-25-12-21-26-24(29)17-10-18(22-14(2)27-31-15(22)3)20(30-4)11-19(17)28(21)23/h5-13H,1-4H3,(H,26,29)/t13-/m1/s1. The maximum absolute atomic E-state index is 13.0. The first-order valence-electron chi connectivity index (χ1n) is 10.1. The van der Waals surface area contributed by atoms with Crippen molar-refractivity contribution < 1.29 is 9.26 Å². The van der Waals surface area contributed by atoms with Gasteiger partial charge in [-0.05, 0) is 25.5 Å². The molecule has 1 N–H and O–H groups in total. The van der Waals surface area contributed by atoms with Gasteiger partial charge in [-0.25, -0.2) is 4.98 Å². The number of hydrogen-bond donors (Lipinski definition) is 1. The normalized spacial score (nSPS) is 12.5. The average molecular weight is 414 g/mol. The van der Waals surface area contributed by atoms with Crippen molar-refractivity contribution in [2.75, 3.05) is 7.11 Å². The molecule has 31 heavy (non-hydrogen) atoms. The summed E-state index contributed by atoms with van der Waals surface area (Å²) >= 11 is 0. The number of aromatic nitrogens is 4. The number of imidazole rings is 1. The van der Waals surface area contributed by atoms with Crippen molar-refractivity contribution in [1.82, 2.24) is 19.5 Å². The Labute approximate surface area is 178 Å². The molecule has 5 rings (SSSR count). The van der Waals surface area contributed by atoms with Gasteiger partial charge in [0.25, 0.3) is 5.56 Å². The van der Waals surface area contributed by atoms with E-state index in [0.29, 0.717) is 22.5 Å². The summed E-state index contributed by atoms with van der Waals surface area (Å²) < 4.78 is 13.1. The first-order chi connectivity index (χ1) is 15.0. The molecule has 0 radical (unpaired) electrons. The third-order valence-corrected chi connectivity index (χ3v) is 5.82. The van der Waals surface area contributed by atoms with E-state index in [1.165, 1.54) is 0 Å². The SMILES string of the molecule is COc1cc2c(cc1-c1c(C)noc1C)c(=O)[nH]c1cnc([C@H](C)c3ccccc3)n12. The fourth-order valence-electron chi connectivity index (χ4n) is 4.26. The molecule has 0 saturated carbocycles. The Morgan fingerprint density at radius 2 is 1.94 bits per heavy atom. The third-order valence-electron chi connectivity index (χ3n) is 5.82. The Hall–Kier alpha value is -3.87. The van der Waals surface area contributed by atoms with Gasteiger partial charge in [0, 0.05) is 17.5 Å². The second-order valence-corrected chi connectivity index (χ2v) is 7.69. The zero-order chi connectivity index (χ0) is 21.7. The molecule has 0 fully saturated rings. The van der Waals surface area contributed by atoms with Crippen LogP contribution < -0.4 is 10.3 Å². The van der Waals surface area contributed by atoms with E-state index in [0.717, 1.165) is 33.7 Å². The number of methoxy groups -OCH3 is 1. The molecule has 0 amide bonds. The number of hydrogen-bond acceptors (Lipinski definition) is 5. The Morgan fingerprint density at radius 3 is 2.61 bits per heavy atom. The van der Waals surface area contributed by atoms with Crippen molar-refractivity contribution >= 4 is 16.6 Å². The van der Waals surface area contributed by atoms with Gasteiger partial charge in [0.2, 0.25) is 0 Å². The first-order valence-corrected chi connectivity index (χ1v) is 10.1. The van der Waals surface area contributed by atoms with Crippen molar-refractivity contribution in [2.24, 2.45) is 0 Å². The van der Waals surface area contributed by atoms with E-state index in [2.05, 4.69) is 34.2 Å². The van der Waals surface area contributed by atoms with Gasteiger partial charge in [-0.2, -0.15) is 0 Å². The van der Waals surface area contributed by atoms with Crippen LogP contribution >= 0.6 is 0 Å². The Kier molecular flexibility index (Phi) is 4.39. The second-order valence-electron chi connectivity index (χ2n) is 7.69. The van der Waals surface area contributed by atoms with Gasteiger partial charge in [0.1, 0.15) is 23.0 Å². The molecular weight excluding hydrogens is 392 g/mol. The van der Waals surface area contributed by atoms with Crippen LogP contribution in [0.3, 0.4) is 0 Å². The van der Waals surface area contributed by atoms with E-state index < -0.39 is 0 Å². The highest BCUT2D eigenvalue weighted by Crippen LogP contribution is 2.37. The van der Waals surface area contributed by atoms with E-state index >= 15 is 0 Å². The van der Waals surface area contributed by atoms with Gasteiger partial charge in [0.15, 0.2) is 0 Å². The molecule has 7 nitrogen and oxygen atoms in total. The fraction of sp³-hybridized carbons (Fsp3) is 0.208. The van der Waals surface area contributed by atoms with Crippen LogP contribution in [0, 0.1) is 13.8 Å². The summed E-state index contributed by atoms with van der Waals surface area (Å²) in [5.41, 5.74) is 4.69. The van der Waals surface area contributed by atoms with Gasteiger partial charge in [-0.1, -0.05) is 42.4 Å². The van der Waals surface area contributed by atoms with E-state index in [1.807, 2.05) is 48.6 Å². The Bertz CT molecular complexity index is 1460. The van der Waals surface area contributed by atoms with Crippen LogP contribution in [0.15, 0.2) is 58.0 Å². The number of fused-ring (bicyclic) bond motifs is 3. The molecule has 2 aromatic carbocycles. The number of H-pyrrole nitrogens is 1. The molecule has 7 heteroatoms. The van der Waals surface area contributed by atoms with Gasteiger partial charge in [-0.15, -0.1) is 0 Å². The molecule has 0 bridgehead atoms. The molecule has 1 atom stereocenters. The highest BCUT2D eigenvalue weighted by Gasteiger charge is 2.21. The predicted octanol–water partition coefficient (Wildman–Crippen LogP) is 4.61. The quantitative estimate of drug-likeness (QED) is 0.464. The predicted molar refractivity (Wildman–Crippen MR) is 119 cm³/mol. The molecule has 0 saturated heterocycles. The van der Waals surface area contributed by atoms with E-state index in [1.54, 1.807) is 13.3 Å². The van der Waals surface area contributed by atoms with Gasteiger partial charge in [-0.3, -0.25) is 9.20 Å². The number of aromatic amines is 1. The van der Waals surface area contributed by atoms with Crippen LogP contribution in [0.2, 0.25) is 0 Å². The Morgan fingerprint density at radius 1 is 1.16 bits per heavy atom. The van der Waals surface area contributed by atoms with E-state index in [-0.39, 0.29) is 11.5 Å². The van der Waals surface area contributed by atoms with Crippen LogP contribution in [-0.2, 0) is 0 Å². The molecule has 3 heterocycles. The molecule has 0 unspecified atom stereocenters. The molecule has 5 aromatic rings. The van der Waals surface area contributed by atoms with Crippen molar-refractivity contribution in [3.05, 3.63) is 81.9 Å². The number of benzene rings is 2. The topological polar surface area (TPSA) is 85.4 Å². The average Bonchev–Trinajstić information content (AvgIpc) is 3.36. The van der Waals surface area contributed by atoms with Gasteiger partial charge >= 0.3 is 0 Å². The third kappa shape index (κ3) is 2.92. The molecule has 0 aliphatic heterocycles. The number of nitrogens with one attached hydrogen (secondary N) is 1. The maximum Gasteiger partial charge on any atom is 0.258 e. The van der Waals surface area contributed by atoms with Crippen LogP contribution in [0.1, 0.15) is 35.7 Å². The van der Waals surface area contributed by atoms with Crippen molar-refractivity contribution in [3.63, 3.8) is 0 Å². The zero-order valence-electron chi connectivity index (χ0n) is 17.8. The summed E-state index contributed by atoms with van der Waals surface area (Å²) in [6.07, 6.45) is 1.70. The number of aryl methyl sites for hydroxylation is 2. The number of rotatable bonds is 4. The largest absolute Gasteiger partial charge is 0.496 e. The minimum Gasteiger partial charge on any atom is -0.496 e. The van der Waals surface area contributed by atoms with Crippen LogP contribution in [0.5, 0.6) is 5.75 Å². The highest BCUT2D eigenvalue weighted by molar-refractivity contribution is 5.90. The van der Waals surface area contributed by atoms with Gasteiger partial charge < -0.3 is 14.2 Å². The van der Waals surface area contributed by atoms with Crippen molar-refractivity contribution in [3.8, 4) is 16.9 Å². The van der Waals surface area contributed by atoms with Crippen LogP contribution in [0.25, 0.3) is 27.7 Å². The van der Waals surface area contributed by atoms with Crippen LogP contribution in [-0.4, -0.2) is 26.6 Å². The molecule has 0 spiro atoms. The lowest BCUT2D eigenvalue weighted by Gasteiger charge is -2.15. The summed E-state index contributed by atoms with van der Waals surface area (Å²) in [5.74, 6) is 2.19. The van der Waals surface area contributed by atoms with Gasteiger partial charge in [0.05, 0.1) is 35.5 Å². The summed E-state index contributed by atoms with van der Waals surface area (Å²) in [7, 11) is 1.62. The molecular formula is C24H22N4O3. The van der Waals surface area contributed by atoms with Crippen molar-refractivity contribution in [2.45, 2.75) is 26.7 Å². The smallest absolute Gasteiger partial charge is 0.258 e. The minimum absolute atomic E-state index is 0.0334. The van der Waals surface area contributed by atoms with E-state index in [4.69, 9.17) is 9.26 Å².